The van der Waals surface area contributed by atoms with Gasteiger partial charge in [-0.15, -0.1) is 0 Å². The van der Waals surface area contributed by atoms with E-state index in [4.69, 9.17) is 9.47 Å². The van der Waals surface area contributed by atoms with Gasteiger partial charge in [0.2, 0.25) is 0 Å². The van der Waals surface area contributed by atoms with Gasteiger partial charge in [-0.25, -0.2) is 0 Å². The van der Waals surface area contributed by atoms with Crippen molar-refractivity contribution in [1.29, 1.82) is 0 Å². The molecule has 0 spiro atoms. The number of ether oxygens (including phenoxy) is 2. The standard InChI is InChI=1S/C16H26O3/c1-4-5-6-7-11-19-15-10-8-9-14(12-13(2)17)16(15)18-3/h8-10,13,17H,4-7,11-12H2,1-3H3. The van der Waals surface area contributed by atoms with Crippen molar-refractivity contribution in [1.82, 2.24) is 0 Å². The van der Waals surface area contributed by atoms with Crippen LogP contribution in [0.4, 0.5) is 0 Å². The van der Waals surface area contributed by atoms with Gasteiger partial charge in [-0.3, -0.25) is 0 Å². The van der Waals surface area contributed by atoms with Crippen LogP contribution in [0.2, 0.25) is 0 Å². The summed E-state index contributed by atoms with van der Waals surface area (Å²) < 4.78 is 11.2. The van der Waals surface area contributed by atoms with Gasteiger partial charge in [-0.1, -0.05) is 38.3 Å². The summed E-state index contributed by atoms with van der Waals surface area (Å²) in [6.07, 6.45) is 4.95. The van der Waals surface area contributed by atoms with Gasteiger partial charge < -0.3 is 14.6 Å². The maximum atomic E-state index is 9.49. The minimum atomic E-state index is -0.381. The Bertz CT molecular complexity index is 361. The highest BCUT2D eigenvalue weighted by Crippen LogP contribution is 2.32. The number of benzene rings is 1. The zero-order valence-corrected chi connectivity index (χ0v) is 12.3. The minimum Gasteiger partial charge on any atom is -0.493 e. The third-order valence-corrected chi connectivity index (χ3v) is 3.04. The van der Waals surface area contributed by atoms with E-state index in [-0.39, 0.29) is 6.10 Å². The van der Waals surface area contributed by atoms with Gasteiger partial charge >= 0.3 is 0 Å². The van der Waals surface area contributed by atoms with Crippen molar-refractivity contribution in [3.05, 3.63) is 23.8 Å². The number of rotatable bonds is 9. The molecule has 0 aliphatic heterocycles. The molecule has 0 bridgehead atoms. The summed E-state index contributed by atoms with van der Waals surface area (Å²) in [6, 6.07) is 5.83. The normalized spacial score (nSPS) is 12.2. The minimum absolute atomic E-state index is 0.381. The second-order valence-electron chi connectivity index (χ2n) is 4.91. The number of methoxy groups -OCH3 is 1. The lowest BCUT2D eigenvalue weighted by Crippen LogP contribution is -2.07. The van der Waals surface area contributed by atoms with E-state index >= 15 is 0 Å². The molecule has 3 heteroatoms. The zero-order chi connectivity index (χ0) is 14.1. The molecule has 0 aliphatic rings. The van der Waals surface area contributed by atoms with Crippen LogP contribution in [0.1, 0.15) is 45.1 Å². The predicted molar refractivity (Wildman–Crippen MR) is 78.0 cm³/mol. The first-order chi connectivity index (χ1) is 9.19. The molecule has 0 saturated heterocycles. The van der Waals surface area contributed by atoms with Crippen molar-refractivity contribution < 1.29 is 14.6 Å². The topological polar surface area (TPSA) is 38.7 Å². The number of para-hydroxylation sites is 1. The fraction of sp³-hybridized carbons (Fsp3) is 0.625. The molecule has 1 aromatic carbocycles. The van der Waals surface area contributed by atoms with Crippen molar-refractivity contribution in [2.24, 2.45) is 0 Å². The van der Waals surface area contributed by atoms with E-state index in [0.717, 1.165) is 23.5 Å². The van der Waals surface area contributed by atoms with E-state index in [0.29, 0.717) is 13.0 Å². The Kier molecular flexibility index (Phi) is 7.34. The lowest BCUT2D eigenvalue weighted by molar-refractivity contribution is 0.193. The van der Waals surface area contributed by atoms with Crippen LogP contribution in [-0.2, 0) is 6.42 Å². The fourth-order valence-corrected chi connectivity index (χ4v) is 2.10. The number of hydrogen-bond donors (Lipinski definition) is 1. The predicted octanol–water partition coefficient (Wildman–Crippen LogP) is 3.58. The molecule has 0 fully saturated rings. The third-order valence-electron chi connectivity index (χ3n) is 3.04. The smallest absolute Gasteiger partial charge is 0.164 e. The Hall–Kier alpha value is -1.22. The molecule has 1 N–H and O–H groups in total. The van der Waals surface area contributed by atoms with Gasteiger partial charge in [0.15, 0.2) is 11.5 Å². The van der Waals surface area contributed by atoms with Crippen LogP contribution in [0.3, 0.4) is 0 Å². The van der Waals surface area contributed by atoms with Crippen LogP contribution in [0, 0.1) is 0 Å². The van der Waals surface area contributed by atoms with Gasteiger partial charge in [-0.2, -0.15) is 0 Å². The first-order valence-electron chi connectivity index (χ1n) is 7.15. The molecule has 1 atom stereocenters. The van der Waals surface area contributed by atoms with E-state index in [9.17, 15) is 5.11 Å². The summed E-state index contributed by atoms with van der Waals surface area (Å²) in [5.74, 6) is 1.52. The highest BCUT2D eigenvalue weighted by atomic mass is 16.5. The molecule has 3 nitrogen and oxygen atoms in total. The summed E-state index contributed by atoms with van der Waals surface area (Å²) in [7, 11) is 1.64. The van der Waals surface area contributed by atoms with E-state index in [2.05, 4.69) is 6.92 Å². The van der Waals surface area contributed by atoms with Crippen molar-refractivity contribution in [2.75, 3.05) is 13.7 Å². The molecule has 0 aliphatic carbocycles. The molecular formula is C16H26O3. The molecule has 0 amide bonds. The highest BCUT2D eigenvalue weighted by Gasteiger charge is 2.11. The van der Waals surface area contributed by atoms with E-state index in [1.54, 1.807) is 14.0 Å². The Morgan fingerprint density at radius 1 is 1.21 bits per heavy atom. The van der Waals surface area contributed by atoms with Crippen molar-refractivity contribution in [3.63, 3.8) is 0 Å². The number of unbranched alkanes of at least 4 members (excludes halogenated alkanes) is 3. The first kappa shape index (κ1) is 15.8. The summed E-state index contributed by atoms with van der Waals surface area (Å²) in [5, 5.41) is 9.49. The Morgan fingerprint density at radius 2 is 2.00 bits per heavy atom. The molecule has 1 unspecified atom stereocenters. The second kappa shape index (κ2) is 8.81. The second-order valence-corrected chi connectivity index (χ2v) is 4.91. The average Bonchev–Trinajstić information content (AvgIpc) is 2.38. The van der Waals surface area contributed by atoms with Crippen molar-refractivity contribution in [3.8, 4) is 11.5 Å². The molecule has 19 heavy (non-hydrogen) atoms. The van der Waals surface area contributed by atoms with Crippen molar-refractivity contribution >= 4 is 0 Å². The number of hydrogen-bond acceptors (Lipinski definition) is 3. The van der Waals surface area contributed by atoms with Crippen LogP contribution >= 0.6 is 0 Å². The maximum absolute atomic E-state index is 9.49. The largest absolute Gasteiger partial charge is 0.493 e. The van der Waals surface area contributed by atoms with E-state index in [1.165, 1.54) is 19.3 Å². The molecule has 1 rings (SSSR count). The first-order valence-corrected chi connectivity index (χ1v) is 7.15. The molecule has 0 saturated carbocycles. The molecular weight excluding hydrogens is 240 g/mol. The summed E-state index contributed by atoms with van der Waals surface area (Å²) in [4.78, 5) is 0. The van der Waals surface area contributed by atoms with Gasteiger partial charge in [0.1, 0.15) is 0 Å². The van der Waals surface area contributed by atoms with Crippen LogP contribution in [-0.4, -0.2) is 24.9 Å². The zero-order valence-electron chi connectivity index (χ0n) is 12.3. The Balaban J connectivity index is 2.61. The maximum Gasteiger partial charge on any atom is 0.164 e. The molecule has 0 radical (unpaired) electrons. The molecule has 108 valence electrons. The summed E-state index contributed by atoms with van der Waals surface area (Å²) in [6.45, 7) is 4.69. The number of aliphatic hydroxyl groups excluding tert-OH is 1. The number of aliphatic hydroxyl groups is 1. The fourth-order valence-electron chi connectivity index (χ4n) is 2.10. The van der Waals surface area contributed by atoms with Gasteiger partial charge in [0, 0.05) is 12.0 Å². The quantitative estimate of drug-likeness (QED) is 0.694. The lowest BCUT2D eigenvalue weighted by Gasteiger charge is -2.15. The van der Waals surface area contributed by atoms with Crippen LogP contribution in [0.25, 0.3) is 0 Å². The summed E-state index contributed by atoms with van der Waals surface area (Å²) in [5.41, 5.74) is 0.989. The Labute approximate surface area is 116 Å². The third kappa shape index (κ3) is 5.52. The van der Waals surface area contributed by atoms with Gasteiger partial charge in [-0.05, 0) is 19.4 Å². The van der Waals surface area contributed by atoms with Crippen LogP contribution in [0.5, 0.6) is 11.5 Å². The monoisotopic (exact) mass is 266 g/mol. The van der Waals surface area contributed by atoms with Gasteiger partial charge in [0.25, 0.3) is 0 Å². The molecule has 1 aromatic rings. The van der Waals surface area contributed by atoms with E-state index in [1.807, 2.05) is 18.2 Å². The SMILES string of the molecule is CCCCCCOc1cccc(CC(C)O)c1OC. The van der Waals surface area contributed by atoms with Crippen LogP contribution in [0.15, 0.2) is 18.2 Å². The summed E-state index contributed by atoms with van der Waals surface area (Å²) >= 11 is 0. The van der Waals surface area contributed by atoms with Crippen LogP contribution < -0.4 is 9.47 Å². The lowest BCUT2D eigenvalue weighted by atomic mass is 10.1. The van der Waals surface area contributed by atoms with Crippen molar-refractivity contribution in [2.45, 2.75) is 52.1 Å². The van der Waals surface area contributed by atoms with E-state index < -0.39 is 0 Å². The highest BCUT2D eigenvalue weighted by molar-refractivity contribution is 5.46. The Morgan fingerprint density at radius 3 is 2.63 bits per heavy atom. The van der Waals surface area contributed by atoms with Gasteiger partial charge in [0.05, 0.1) is 19.8 Å². The molecule has 0 aromatic heterocycles. The average molecular weight is 266 g/mol. The molecule has 0 heterocycles.